The molecule has 0 unspecified atom stereocenters. The Labute approximate surface area is 136 Å². The Balaban J connectivity index is 1.65. The van der Waals surface area contributed by atoms with Crippen LogP contribution in [0.2, 0.25) is 0 Å². The summed E-state index contributed by atoms with van der Waals surface area (Å²) in [5, 5.41) is 4.89. The molecule has 2 heterocycles. The van der Waals surface area contributed by atoms with E-state index in [0.717, 1.165) is 37.6 Å². The van der Waals surface area contributed by atoms with Crippen LogP contribution in [0.15, 0.2) is 17.5 Å². The van der Waals surface area contributed by atoms with Crippen molar-refractivity contribution in [3.8, 4) is 0 Å². The summed E-state index contributed by atoms with van der Waals surface area (Å²) in [6, 6.07) is 3.79. The van der Waals surface area contributed by atoms with Gasteiger partial charge in [-0.15, -0.1) is 11.3 Å². The van der Waals surface area contributed by atoms with E-state index in [0.29, 0.717) is 18.9 Å². The van der Waals surface area contributed by atoms with Gasteiger partial charge in [-0.05, 0) is 17.4 Å². The van der Waals surface area contributed by atoms with Gasteiger partial charge < -0.3 is 10.2 Å². The maximum absolute atomic E-state index is 12.2. The molecule has 1 N–H and O–H groups in total. The number of hydrogen-bond donors (Lipinski definition) is 1. The monoisotopic (exact) mass is 323 g/mol. The minimum absolute atomic E-state index is 0.126. The summed E-state index contributed by atoms with van der Waals surface area (Å²) in [5.41, 5.74) is 0. The van der Waals surface area contributed by atoms with E-state index in [2.05, 4.69) is 10.2 Å². The highest BCUT2D eigenvalue weighted by molar-refractivity contribution is 7.12. The van der Waals surface area contributed by atoms with E-state index < -0.39 is 0 Å². The van der Waals surface area contributed by atoms with Gasteiger partial charge in [0, 0.05) is 45.7 Å². The van der Waals surface area contributed by atoms with E-state index >= 15 is 0 Å². The topological polar surface area (TPSA) is 52.7 Å². The van der Waals surface area contributed by atoms with Crippen LogP contribution in [-0.4, -0.2) is 60.9 Å². The van der Waals surface area contributed by atoms with Crippen LogP contribution in [0, 0.1) is 5.92 Å². The fourth-order valence-electron chi connectivity index (χ4n) is 2.53. The van der Waals surface area contributed by atoms with E-state index in [9.17, 15) is 9.59 Å². The minimum atomic E-state index is 0.126. The average Bonchev–Trinajstić information content (AvgIpc) is 3.00. The molecule has 6 heteroatoms. The van der Waals surface area contributed by atoms with Crippen molar-refractivity contribution in [2.75, 3.05) is 39.3 Å². The third-order valence-electron chi connectivity index (χ3n) is 3.74. The van der Waals surface area contributed by atoms with Crippen molar-refractivity contribution < 1.29 is 9.59 Å². The lowest BCUT2D eigenvalue weighted by atomic mass is 10.1. The lowest BCUT2D eigenvalue weighted by molar-refractivity contribution is -0.121. The molecule has 1 aliphatic rings. The van der Waals surface area contributed by atoms with Crippen molar-refractivity contribution in [2.24, 2.45) is 5.92 Å². The summed E-state index contributed by atoms with van der Waals surface area (Å²) in [7, 11) is 0. The first kappa shape index (κ1) is 17.0. The van der Waals surface area contributed by atoms with Gasteiger partial charge in [-0.2, -0.15) is 0 Å². The number of carbonyl (C=O) groups excluding carboxylic acids is 2. The maximum Gasteiger partial charge on any atom is 0.264 e. The fourth-order valence-corrected chi connectivity index (χ4v) is 3.22. The van der Waals surface area contributed by atoms with Crippen LogP contribution < -0.4 is 5.32 Å². The molecule has 5 nitrogen and oxygen atoms in total. The summed E-state index contributed by atoms with van der Waals surface area (Å²) in [4.78, 5) is 28.9. The summed E-state index contributed by atoms with van der Waals surface area (Å²) >= 11 is 1.49. The molecule has 0 aromatic carbocycles. The van der Waals surface area contributed by atoms with Gasteiger partial charge in [0.1, 0.15) is 0 Å². The van der Waals surface area contributed by atoms with Crippen LogP contribution in [-0.2, 0) is 4.79 Å². The molecule has 1 fully saturated rings. The number of amides is 2. The third kappa shape index (κ3) is 5.10. The summed E-state index contributed by atoms with van der Waals surface area (Å²) in [5.74, 6) is 0.660. The van der Waals surface area contributed by atoms with E-state index in [1.54, 1.807) is 0 Å². The van der Waals surface area contributed by atoms with E-state index in [1.807, 2.05) is 36.3 Å². The number of carbonyl (C=O) groups is 2. The zero-order valence-corrected chi connectivity index (χ0v) is 14.2. The molecule has 0 atom stereocenters. The second kappa shape index (κ2) is 8.29. The predicted molar refractivity (Wildman–Crippen MR) is 89.1 cm³/mol. The average molecular weight is 323 g/mol. The highest BCUT2D eigenvalue weighted by atomic mass is 32.1. The molecule has 22 heavy (non-hydrogen) atoms. The molecule has 0 radical (unpaired) electrons. The van der Waals surface area contributed by atoms with Crippen molar-refractivity contribution >= 4 is 23.2 Å². The van der Waals surface area contributed by atoms with Crippen molar-refractivity contribution in [1.29, 1.82) is 0 Å². The largest absolute Gasteiger partial charge is 0.355 e. The molecule has 2 amide bonds. The molecular weight excluding hydrogens is 298 g/mol. The van der Waals surface area contributed by atoms with Gasteiger partial charge in [0.15, 0.2) is 0 Å². The first-order chi connectivity index (χ1) is 10.6. The highest BCUT2D eigenvalue weighted by Crippen LogP contribution is 2.13. The van der Waals surface area contributed by atoms with Gasteiger partial charge in [-0.1, -0.05) is 19.9 Å². The number of thiophene rings is 1. The Morgan fingerprint density at radius 2 is 2.00 bits per heavy atom. The summed E-state index contributed by atoms with van der Waals surface area (Å²) in [6.07, 6.45) is 0.586. The van der Waals surface area contributed by atoms with E-state index in [1.165, 1.54) is 11.3 Å². The molecule has 0 spiro atoms. The Hall–Kier alpha value is -1.40. The van der Waals surface area contributed by atoms with Crippen LogP contribution in [0.25, 0.3) is 0 Å². The van der Waals surface area contributed by atoms with Gasteiger partial charge in [0.2, 0.25) is 5.91 Å². The van der Waals surface area contributed by atoms with Gasteiger partial charge in [-0.3, -0.25) is 14.5 Å². The van der Waals surface area contributed by atoms with Gasteiger partial charge in [0.05, 0.1) is 4.88 Å². The maximum atomic E-state index is 12.2. The van der Waals surface area contributed by atoms with Crippen LogP contribution in [0.5, 0.6) is 0 Å². The third-order valence-corrected chi connectivity index (χ3v) is 4.59. The predicted octanol–water partition coefficient (Wildman–Crippen LogP) is 1.67. The molecule has 2 rings (SSSR count). The van der Waals surface area contributed by atoms with Gasteiger partial charge in [0.25, 0.3) is 5.91 Å². The normalized spacial score (nSPS) is 16.0. The summed E-state index contributed by atoms with van der Waals surface area (Å²) < 4.78 is 0. The Morgan fingerprint density at radius 1 is 1.27 bits per heavy atom. The number of rotatable bonds is 6. The van der Waals surface area contributed by atoms with Crippen LogP contribution >= 0.6 is 11.3 Å². The lowest BCUT2D eigenvalue weighted by Crippen LogP contribution is -2.50. The highest BCUT2D eigenvalue weighted by Gasteiger charge is 2.22. The van der Waals surface area contributed by atoms with Gasteiger partial charge in [-0.25, -0.2) is 0 Å². The quantitative estimate of drug-likeness (QED) is 0.866. The second-order valence-corrected chi connectivity index (χ2v) is 7.01. The molecule has 122 valence electrons. The molecule has 0 saturated carbocycles. The van der Waals surface area contributed by atoms with Crippen LogP contribution in [0.1, 0.15) is 29.9 Å². The zero-order chi connectivity index (χ0) is 15.9. The van der Waals surface area contributed by atoms with Crippen molar-refractivity contribution in [3.63, 3.8) is 0 Å². The van der Waals surface area contributed by atoms with Crippen LogP contribution in [0.4, 0.5) is 0 Å². The van der Waals surface area contributed by atoms with Crippen molar-refractivity contribution in [3.05, 3.63) is 22.4 Å². The molecular formula is C16H25N3O2S. The Morgan fingerprint density at radius 3 is 2.59 bits per heavy atom. The Bertz CT molecular complexity index is 480. The molecule has 1 aromatic rings. The minimum Gasteiger partial charge on any atom is -0.355 e. The lowest BCUT2D eigenvalue weighted by Gasteiger charge is -2.34. The van der Waals surface area contributed by atoms with E-state index in [-0.39, 0.29) is 11.8 Å². The second-order valence-electron chi connectivity index (χ2n) is 6.06. The van der Waals surface area contributed by atoms with Gasteiger partial charge >= 0.3 is 0 Å². The Kier molecular flexibility index (Phi) is 6.39. The fraction of sp³-hybridized carbons (Fsp3) is 0.625. The van der Waals surface area contributed by atoms with E-state index in [4.69, 9.17) is 0 Å². The number of nitrogens with one attached hydrogen (secondary N) is 1. The van der Waals surface area contributed by atoms with Crippen molar-refractivity contribution in [1.82, 2.24) is 15.1 Å². The number of nitrogens with zero attached hydrogens (tertiary/aromatic N) is 2. The zero-order valence-electron chi connectivity index (χ0n) is 13.4. The molecule has 0 aliphatic carbocycles. The molecule has 1 aromatic heterocycles. The molecule has 1 saturated heterocycles. The first-order valence-electron chi connectivity index (χ1n) is 7.88. The summed E-state index contributed by atoms with van der Waals surface area (Å²) in [6.45, 7) is 8.89. The van der Waals surface area contributed by atoms with Crippen molar-refractivity contribution in [2.45, 2.75) is 20.3 Å². The standard InChI is InChI=1S/C16H25N3O2S/c1-13(2)12-15(20)17-5-6-18-7-9-19(10-8-18)16(21)14-4-3-11-22-14/h3-4,11,13H,5-10,12H2,1-2H3,(H,17,20). The molecule has 1 aliphatic heterocycles. The van der Waals surface area contributed by atoms with Crippen LogP contribution in [0.3, 0.4) is 0 Å². The number of piperazine rings is 1. The number of hydrogen-bond acceptors (Lipinski definition) is 4. The first-order valence-corrected chi connectivity index (χ1v) is 8.76. The SMILES string of the molecule is CC(C)CC(=O)NCCN1CCN(C(=O)c2cccs2)CC1. The smallest absolute Gasteiger partial charge is 0.264 e. The molecule has 0 bridgehead atoms.